The molecule has 1 aliphatic heterocycles. The minimum atomic E-state index is 0.552. The predicted octanol–water partition coefficient (Wildman–Crippen LogP) is 4.46. The Hall–Kier alpha value is -1.71. The lowest BCUT2D eigenvalue weighted by molar-refractivity contribution is 0.272. The average Bonchev–Trinajstić information content (AvgIpc) is 2.57. The van der Waals surface area contributed by atoms with Crippen LogP contribution in [0.15, 0.2) is 47.6 Å². The van der Waals surface area contributed by atoms with Crippen LogP contribution in [-0.2, 0) is 0 Å². The van der Waals surface area contributed by atoms with Crippen molar-refractivity contribution < 1.29 is 0 Å². The highest BCUT2D eigenvalue weighted by molar-refractivity contribution is 6.43. The maximum Gasteiger partial charge on any atom is 0.0680 e. The van der Waals surface area contributed by atoms with Gasteiger partial charge in [0, 0.05) is 24.3 Å². The van der Waals surface area contributed by atoms with Crippen LogP contribution in [0.2, 0.25) is 10.0 Å². The molecule has 1 aliphatic rings. The Morgan fingerprint density at radius 3 is 2.35 bits per heavy atom. The first-order valence-electron chi connectivity index (χ1n) is 7.68. The Labute approximate surface area is 147 Å². The molecule has 0 atom stereocenters. The van der Waals surface area contributed by atoms with Gasteiger partial charge in [0.05, 0.1) is 29.3 Å². The molecule has 3 nitrogen and oxygen atoms in total. The van der Waals surface area contributed by atoms with Gasteiger partial charge in [0.15, 0.2) is 0 Å². The first-order chi connectivity index (χ1) is 11.1. The fourth-order valence-corrected chi connectivity index (χ4v) is 2.95. The van der Waals surface area contributed by atoms with Crippen LogP contribution in [0.5, 0.6) is 0 Å². The molecular formula is C18H19Cl2N3. The van der Waals surface area contributed by atoms with E-state index < -0.39 is 0 Å². The average molecular weight is 348 g/mol. The van der Waals surface area contributed by atoms with Crippen LogP contribution in [0.25, 0.3) is 0 Å². The van der Waals surface area contributed by atoms with Gasteiger partial charge in [0.1, 0.15) is 0 Å². The van der Waals surface area contributed by atoms with E-state index in [1.54, 1.807) is 12.3 Å². The van der Waals surface area contributed by atoms with Crippen molar-refractivity contribution in [2.24, 2.45) is 5.10 Å². The maximum atomic E-state index is 6.18. The van der Waals surface area contributed by atoms with Crippen molar-refractivity contribution in [1.82, 2.24) is 5.01 Å². The van der Waals surface area contributed by atoms with Crippen LogP contribution < -0.4 is 4.90 Å². The van der Waals surface area contributed by atoms with Gasteiger partial charge >= 0.3 is 0 Å². The molecule has 0 saturated carbocycles. The third kappa shape index (κ3) is 3.98. The van der Waals surface area contributed by atoms with Crippen LogP contribution in [-0.4, -0.2) is 37.4 Å². The molecule has 2 aromatic carbocycles. The van der Waals surface area contributed by atoms with Crippen LogP contribution >= 0.6 is 23.2 Å². The van der Waals surface area contributed by atoms with Gasteiger partial charge in [-0.3, -0.25) is 5.01 Å². The normalized spacial score (nSPS) is 15.4. The highest BCUT2D eigenvalue weighted by Gasteiger charge is 2.15. The summed E-state index contributed by atoms with van der Waals surface area (Å²) < 4.78 is 0. The molecule has 0 unspecified atom stereocenters. The van der Waals surface area contributed by atoms with Crippen molar-refractivity contribution in [3.8, 4) is 0 Å². The van der Waals surface area contributed by atoms with Crippen molar-refractivity contribution in [2.45, 2.75) is 6.92 Å². The molecule has 0 amide bonds. The van der Waals surface area contributed by atoms with Gasteiger partial charge in [-0.25, -0.2) is 0 Å². The zero-order valence-corrected chi connectivity index (χ0v) is 14.6. The quantitative estimate of drug-likeness (QED) is 0.763. The number of halogens is 2. The fraction of sp³-hybridized carbons (Fsp3) is 0.278. The molecule has 1 saturated heterocycles. The zero-order valence-electron chi connectivity index (χ0n) is 13.0. The van der Waals surface area contributed by atoms with E-state index >= 15 is 0 Å². The zero-order chi connectivity index (χ0) is 16.2. The number of benzene rings is 2. The van der Waals surface area contributed by atoms with E-state index in [9.17, 15) is 0 Å². The van der Waals surface area contributed by atoms with Crippen molar-refractivity contribution in [2.75, 3.05) is 31.1 Å². The maximum absolute atomic E-state index is 6.18. The van der Waals surface area contributed by atoms with E-state index in [1.807, 2.05) is 12.1 Å². The first kappa shape index (κ1) is 16.2. The molecule has 5 heteroatoms. The van der Waals surface area contributed by atoms with Gasteiger partial charge in [-0.15, -0.1) is 0 Å². The number of rotatable bonds is 3. The lowest BCUT2D eigenvalue weighted by Crippen LogP contribution is -2.44. The summed E-state index contributed by atoms with van der Waals surface area (Å²) in [5, 5.41) is 7.71. The first-order valence-corrected chi connectivity index (χ1v) is 8.43. The number of nitrogens with zero attached hydrogens (tertiary/aromatic N) is 3. The standard InChI is InChI=1S/C18H19Cl2N3/c1-14-5-7-16(8-6-14)22-9-11-23(12-10-22)21-13-15-3-2-4-17(19)18(15)20/h2-8,13H,9-12H2,1H3/b21-13-. The third-order valence-electron chi connectivity index (χ3n) is 4.00. The van der Waals surface area contributed by atoms with Crippen LogP contribution in [0.4, 0.5) is 5.69 Å². The minimum Gasteiger partial charge on any atom is -0.368 e. The molecule has 1 heterocycles. The molecule has 0 aromatic heterocycles. The SMILES string of the molecule is Cc1ccc(N2CCN(/N=C\c3cccc(Cl)c3Cl)CC2)cc1. The lowest BCUT2D eigenvalue weighted by atomic mass is 10.2. The van der Waals surface area contributed by atoms with E-state index in [0.717, 1.165) is 31.7 Å². The second-order valence-electron chi connectivity index (χ2n) is 5.66. The topological polar surface area (TPSA) is 18.8 Å². The number of hydrogen-bond acceptors (Lipinski definition) is 3. The van der Waals surface area contributed by atoms with E-state index in [0.29, 0.717) is 10.0 Å². The molecule has 2 aromatic rings. The van der Waals surface area contributed by atoms with Crippen molar-refractivity contribution in [3.63, 3.8) is 0 Å². The highest BCUT2D eigenvalue weighted by Crippen LogP contribution is 2.24. The van der Waals surface area contributed by atoms with Gasteiger partial charge in [-0.05, 0) is 25.1 Å². The summed E-state index contributed by atoms with van der Waals surface area (Å²) in [7, 11) is 0. The fourth-order valence-electron chi connectivity index (χ4n) is 2.59. The highest BCUT2D eigenvalue weighted by atomic mass is 35.5. The van der Waals surface area contributed by atoms with Crippen LogP contribution in [0.3, 0.4) is 0 Å². The Morgan fingerprint density at radius 2 is 1.65 bits per heavy atom. The molecule has 0 spiro atoms. The largest absolute Gasteiger partial charge is 0.368 e. The van der Waals surface area contributed by atoms with Crippen LogP contribution in [0, 0.1) is 6.92 Å². The summed E-state index contributed by atoms with van der Waals surface area (Å²) in [5.74, 6) is 0. The van der Waals surface area contributed by atoms with Gasteiger partial charge in [-0.2, -0.15) is 5.10 Å². The number of piperazine rings is 1. The van der Waals surface area contributed by atoms with E-state index in [4.69, 9.17) is 23.2 Å². The summed E-state index contributed by atoms with van der Waals surface area (Å²) in [6.07, 6.45) is 1.79. The smallest absolute Gasteiger partial charge is 0.0680 e. The lowest BCUT2D eigenvalue weighted by Gasteiger charge is -2.34. The van der Waals surface area contributed by atoms with Gasteiger partial charge in [-0.1, -0.05) is 53.0 Å². The minimum absolute atomic E-state index is 0.552. The molecular weight excluding hydrogens is 329 g/mol. The van der Waals surface area contributed by atoms with Gasteiger partial charge < -0.3 is 4.90 Å². The Bertz CT molecular complexity index is 690. The van der Waals surface area contributed by atoms with E-state index in [1.165, 1.54) is 11.3 Å². The Balaban J connectivity index is 1.60. The van der Waals surface area contributed by atoms with E-state index in [2.05, 4.69) is 46.2 Å². The molecule has 0 N–H and O–H groups in total. The summed E-state index contributed by atoms with van der Waals surface area (Å²) >= 11 is 12.2. The number of hydrazone groups is 1. The van der Waals surface area contributed by atoms with Crippen molar-refractivity contribution >= 4 is 35.1 Å². The van der Waals surface area contributed by atoms with Gasteiger partial charge in [0.25, 0.3) is 0 Å². The molecule has 3 rings (SSSR count). The molecule has 1 fully saturated rings. The summed E-state index contributed by atoms with van der Waals surface area (Å²) in [4.78, 5) is 2.39. The van der Waals surface area contributed by atoms with Crippen molar-refractivity contribution in [3.05, 3.63) is 63.6 Å². The van der Waals surface area contributed by atoms with Crippen molar-refractivity contribution in [1.29, 1.82) is 0 Å². The van der Waals surface area contributed by atoms with E-state index in [-0.39, 0.29) is 0 Å². The Kier molecular flexibility index (Phi) is 5.09. The molecule has 0 radical (unpaired) electrons. The summed E-state index contributed by atoms with van der Waals surface area (Å²) in [6, 6.07) is 14.2. The molecule has 0 aliphatic carbocycles. The second-order valence-corrected chi connectivity index (χ2v) is 6.45. The number of anilines is 1. The number of hydrogen-bond donors (Lipinski definition) is 0. The summed E-state index contributed by atoms with van der Waals surface area (Å²) in [6.45, 7) is 5.82. The summed E-state index contributed by atoms with van der Waals surface area (Å²) in [5.41, 5.74) is 3.41. The van der Waals surface area contributed by atoms with Gasteiger partial charge in [0.2, 0.25) is 0 Å². The number of aryl methyl sites for hydroxylation is 1. The van der Waals surface area contributed by atoms with Crippen LogP contribution in [0.1, 0.15) is 11.1 Å². The molecule has 0 bridgehead atoms. The third-order valence-corrected chi connectivity index (χ3v) is 4.83. The Morgan fingerprint density at radius 1 is 0.957 bits per heavy atom. The second kappa shape index (κ2) is 7.24. The monoisotopic (exact) mass is 347 g/mol. The molecule has 23 heavy (non-hydrogen) atoms. The molecule has 120 valence electrons. The predicted molar refractivity (Wildman–Crippen MR) is 99.0 cm³/mol.